The van der Waals surface area contributed by atoms with E-state index in [1.807, 2.05) is 12.1 Å². The van der Waals surface area contributed by atoms with E-state index in [4.69, 9.17) is 21.7 Å². The van der Waals surface area contributed by atoms with Crippen molar-refractivity contribution < 1.29 is 4.52 Å². The Labute approximate surface area is 217 Å². The molecule has 36 heavy (non-hydrogen) atoms. The lowest BCUT2D eigenvalue weighted by molar-refractivity contribution is 0.404. The number of nitrogens with zero attached hydrogens (tertiary/aromatic N) is 3. The van der Waals surface area contributed by atoms with Crippen LogP contribution in [-0.4, -0.2) is 15.3 Å². The Kier molecular flexibility index (Phi) is 6.70. The zero-order valence-electron chi connectivity index (χ0n) is 21.1. The van der Waals surface area contributed by atoms with E-state index in [1.54, 1.807) is 0 Å². The van der Waals surface area contributed by atoms with E-state index >= 15 is 0 Å². The second-order valence-electron chi connectivity index (χ2n) is 9.12. The Morgan fingerprint density at radius 2 is 1.64 bits per heavy atom. The molecule has 0 saturated heterocycles. The van der Waals surface area contributed by atoms with Crippen LogP contribution < -0.4 is 10.2 Å². The fourth-order valence-corrected chi connectivity index (χ4v) is 4.96. The molecule has 0 fully saturated rings. The van der Waals surface area contributed by atoms with E-state index in [1.165, 1.54) is 16.7 Å². The maximum Gasteiger partial charge on any atom is 0.258 e. The van der Waals surface area contributed by atoms with Gasteiger partial charge in [-0.3, -0.25) is 4.90 Å². The first-order valence-corrected chi connectivity index (χ1v) is 12.8. The first-order valence-electron chi connectivity index (χ1n) is 12.4. The van der Waals surface area contributed by atoms with Gasteiger partial charge in [-0.05, 0) is 67.7 Å². The molecule has 1 aromatic heterocycles. The van der Waals surface area contributed by atoms with Crippen molar-refractivity contribution >= 4 is 28.6 Å². The quantitative estimate of drug-likeness (QED) is 0.290. The van der Waals surface area contributed by atoms with E-state index in [9.17, 15) is 0 Å². The van der Waals surface area contributed by atoms with Crippen LogP contribution in [0.2, 0.25) is 0 Å². The number of nitrogens with one attached hydrogen (secondary N) is 1. The Balaban J connectivity index is 1.63. The number of anilines is 1. The van der Waals surface area contributed by atoms with Gasteiger partial charge >= 0.3 is 0 Å². The van der Waals surface area contributed by atoms with Crippen LogP contribution in [-0.2, 0) is 12.8 Å². The summed E-state index contributed by atoms with van der Waals surface area (Å²) in [4.78, 5) is 6.91. The van der Waals surface area contributed by atoms with Crippen molar-refractivity contribution in [2.24, 2.45) is 0 Å². The largest absolute Gasteiger partial charge is 0.351 e. The maximum atomic E-state index is 5.90. The Bertz CT molecular complexity index is 1420. The summed E-state index contributed by atoms with van der Waals surface area (Å²) in [6.45, 7) is 8.45. The molecule has 4 aromatic rings. The molecule has 5 nitrogen and oxygen atoms in total. The van der Waals surface area contributed by atoms with Gasteiger partial charge in [-0.2, -0.15) is 4.98 Å². The van der Waals surface area contributed by atoms with Crippen LogP contribution >= 0.6 is 12.2 Å². The predicted octanol–water partition coefficient (Wildman–Crippen LogP) is 7.04. The maximum absolute atomic E-state index is 5.90. The van der Waals surface area contributed by atoms with Gasteiger partial charge in [-0.1, -0.05) is 85.2 Å². The lowest BCUT2D eigenvalue weighted by Crippen LogP contribution is -2.46. The molecule has 6 heteroatoms. The molecular weight excluding hydrogens is 464 g/mol. The molecule has 2 heterocycles. The molecule has 5 rings (SSSR count). The standard InChI is InChI=1S/C30H30N4OS/c1-5-21-12-16-24(17-13-21)28-32-29(35-33-28)26-20(4)34(25-9-7-8-22(6-2)18-25)30(36)31-27(26)23-14-10-19(3)11-15-23/h7-18,27H,5-6H2,1-4H3,(H,31,36). The summed E-state index contributed by atoms with van der Waals surface area (Å²) in [5.74, 6) is 1.06. The zero-order chi connectivity index (χ0) is 25.2. The Morgan fingerprint density at radius 3 is 2.33 bits per heavy atom. The van der Waals surface area contributed by atoms with Crippen molar-refractivity contribution in [1.82, 2.24) is 15.5 Å². The van der Waals surface area contributed by atoms with Gasteiger partial charge in [0.05, 0.1) is 11.6 Å². The first-order chi connectivity index (χ1) is 17.5. The monoisotopic (exact) mass is 494 g/mol. The first kappa shape index (κ1) is 23.9. The summed E-state index contributed by atoms with van der Waals surface area (Å²) in [6, 6.07) is 25.0. The molecule has 0 bridgehead atoms. The Hall–Kier alpha value is -3.77. The van der Waals surface area contributed by atoms with E-state index < -0.39 is 0 Å². The number of hydrogen-bond donors (Lipinski definition) is 1. The number of rotatable bonds is 6. The van der Waals surface area contributed by atoms with Gasteiger partial charge in [-0.25, -0.2) is 0 Å². The predicted molar refractivity (Wildman–Crippen MR) is 150 cm³/mol. The third kappa shape index (κ3) is 4.56. The zero-order valence-corrected chi connectivity index (χ0v) is 21.9. The van der Waals surface area contributed by atoms with Crippen LogP contribution in [0.15, 0.2) is 83.0 Å². The van der Waals surface area contributed by atoms with Crippen molar-refractivity contribution in [2.75, 3.05) is 4.90 Å². The van der Waals surface area contributed by atoms with Gasteiger partial charge in [-0.15, -0.1) is 0 Å². The average Bonchev–Trinajstić information content (AvgIpc) is 3.39. The Morgan fingerprint density at radius 1 is 0.917 bits per heavy atom. The highest BCUT2D eigenvalue weighted by molar-refractivity contribution is 7.80. The average molecular weight is 495 g/mol. The second kappa shape index (κ2) is 10.1. The van der Waals surface area contributed by atoms with Gasteiger partial charge < -0.3 is 9.84 Å². The molecule has 0 radical (unpaired) electrons. The minimum absolute atomic E-state index is 0.209. The number of allylic oxidation sites excluding steroid dienone is 1. The molecule has 0 spiro atoms. The minimum Gasteiger partial charge on any atom is -0.351 e. The number of thiocarbonyl (C=S) groups is 1. The molecule has 1 unspecified atom stereocenters. The van der Waals surface area contributed by atoms with Crippen LogP contribution in [0.5, 0.6) is 0 Å². The fourth-order valence-electron chi connectivity index (χ4n) is 4.60. The highest BCUT2D eigenvalue weighted by Gasteiger charge is 2.34. The number of benzene rings is 3. The molecular formula is C30H30N4OS. The molecule has 1 atom stereocenters. The number of hydrogen-bond acceptors (Lipinski definition) is 4. The molecule has 0 aliphatic carbocycles. The van der Waals surface area contributed by atoms with Crippen molar-refractivity contribution in [3.63, 3.8) is 0 Å². The SMILES string of the molecule is CCc1ccc(-c2noc(C3=C(C)N(c4cccc(CC)c4)C(=S)NC3c3ccc(C)cc3)n2)cc1. The number of aromatic nitrogens is 2. The normalized spacial score (nSPS) is 15.8. The van der Waals surface area contributed by atoms with Gasteiger partial charge in [0.15, 0.2) is 5.11 Å². The highest BCUT2D eigenvalue weighted by Crippen LogP contribution is 2.39. The molecule has 1 aliphatic rings. The molecule has 0 saturated carbocycles. The molecule has 1 aliphatic heterocycles. The smallest absolute Gasteiger partial charge is 0.258 e. The van der Waals surface area contributed by atoms with Crippen molar-refractivity contribution in [3.8, 4) is 11.4 Å². The van der Waals surface area contributed by atoms with Crippen LogP contribution in [0.4, 0.5) is 5.69 Å². The summed E-state index contributed by atoms with van der Waals surface area (Å²) < 4.78 is 5.90. The van der Waals surface area contributed by atoms with Crippen LogP contribution in [0.25, 0.3) is 17.0 Å². The minimum atomic E-state index is -0.209. The summed E-state index contributed by atoms with van der Waals surface area (Å²) in [6.07, 6.45) is 1.94. The third-order valence-corrected chi connectivity index (χ3v) is 7.05. The lowest BCUT2D eigenvalue weighted by Gasteiger charge is -2.37. The van der Waals surface area contributed by atoms with Crippen molar-refractivity contribution in [3.05, 3.63) is 107 Å². The van der Waals surface area contributed by atoms with Crippen molar-refractivity contribution in [2.45, 2.75) is 46.6 Å². The molecule has 0 amide bonds. The van der Waals surface area contributed by atoms with Gasteiger partial charge in [0.25, 0.3) is 5.89 Å². The van der Waals surface area contributed by atoms with Crippen LogP contribution in [0, 0.1) is 6.92 Å². The third-order valence-electron chi connectivity index (χ3n) is 6.75. The van der Waals surface area contributed by atoms with Crippen LogP contribution in [0.1, 0.15) is 55.0 Å². The fraction of sp³-hybridized carbons (Fsp3) is 0.233. The van der Waals surface area contributed by atoms with Crippen LogP contribution in [0.3, 0.4) is 0 Å². The van der Waals surface area contributed by atoms with E-state index in [-0.39, 0.29) is 6.04 Å². The number of aryl methyl sites for hydroxylation is 3. The molecule has 3 aromatic carbocycles. The lowest BCUT2D eigenvalue weighted by atomic mass is 9.94. The second-order valence-corrected chi connectivity index (χ2v) is 9.51. The summed E-state index contributed by atoms with van der Waals surface area (Å²) in [5, 5.41) is 8.54. The molecule has 182 valence electrons. The van der Waals surface area contributed by atoms with E-state index in [0.29, 0.717) is 16.8 Å². The molecule has 1 N–H and O–H groups in total. The topological polar surface area (TPSA) is 54.2 Å². The van der Waals surface area contributed by atoms with Gasteiger partial charge in [0, 0.05) is 16.9 Å². The van der Waals surface area contributed by atoms with Crippen molar-refractivity contribution in [1.29, 1.82) is 0 Å². The summed E-state index contributed by atoms with van der Waals surface area (Å²) >= 11 is 5.89. The highest BCUT2D eigenvalue weighted by atomic mass is 32.1. The van der Waals surface area contributed by atoms with E-state index in [2.05, 4.69) is 104 Å². The summed E-state index contributed by atoms with van der Waals surface area (Å²) in [7, 11) is 0. The summed E-state index contributed by atoms with van der Waals surface area (Å²) in [5.41, 5.74) is 8.64. The van der Waals surface area contributed by atoms with Gasteiger partial charge in [0.1, 0.15) is 0 Å². The van der Waals surface area contributed by atoms with Gasteiger partial charge in [0.2, 0.25) is 5.82 Å². The van der Waals surface area contributed by atoms with E-state index in [0.717, 1.165) is 40.9 Å².